The Kier molecular flexibility index (Phi) is 8.78. The maximum atomic E-state index is 12.9. The van der Waals surface area contributed by atoms with Gasteiger partial charge in [0.25, 0.3) is 0 Å². The predicted molar refractivity (Wildman–Crippen MR) is 107 cm³/mol. The quantitative estimate of drug-likeness (QED) is 0.484. The molecular formula is C22H32NNaO3. The number of ketones is 1. The van der Waals surface area contributed by atoms with Crippen LogP contribution in [0.5, 0.6) is 0 Å². The number of benzene rings is 1. The molecule has 1 atom stereocenters. The summed E-state index contributed by atoms with van der Waals surface area (Å²) in [6, 6.07) is 0. The van der Waals surface area contributed by atoms with Crippen molar-refractivity contribution in [3.8, 4) is 0 Å². The van der Waals surface area contributed by atoms with Gasteiger partial charge >= 0.3 is 29.6 Å². The van der Waals surface area contributed by atoms with Crippen LogP contribution in [-0.2, 0) is 9.63 Å². The Morgan fingerprint density at radius 3 is 2.00 bits per heavy atom. The van der Waals surface area contributed by atoms with Crippen molar-refractivity contribution in [2.24, 2.45) is 5.16 Å². The Morgan fingerprint density at radius 2 is 1.56 bits per heavy atom. The van der Waals surface area contributed by atoms with Crippen molar-refractivity contribution < 1.29 is 45.7 Å². The van der Waals surface area contributed by atoms with Gasteiger partial charge in [0.15, 0.2) is 5.78 Å². The van der Waals surface area contributed by atoms with Crippen molar-refractivity contribution in [3.63, 3.8) is 0 Å². The molecule has 5 heteroatoms. The van der Waals surface area contributed by atoms with Crippen LogP contribution in [0, 0.1) is 34.6 Å². The van der Waals surface area contributed by atoms with E-state index in [4.69, 9.17) is 4.84 Å². The van der Waals surface area contributed by atoms with E-state index < -0.39 is 0 Å². The number of carbonyl (C=O) groups is 1. The second-order valence-corrected chi connectivity index (χ2v) is 7.20. The Balaban J connectivity index is 0.00000364. The third-order valence-electron chi connectivity index (χ3n) is 5.83. The van der Waals surface area contributed by atoms with E-state index in [1.165, 1.54) is 33.4 Å². The SMILES string of the molecule is CCO/N=C(/CC)C1=C(O)CC(c2c(C)c(C)c(C)c(C)c2C)CC1=O.[H-].[Na+]. The Labute approximate surface area is 186 Å². The van der Waals surface area contributed by atoms with E-state index in [1.54, 1.807) is 0 Å². The Morgan fingerprint density at radius 1 is 1.04 bits per heavy atom. The molecule has 1 aliphatic carbocycles. The average Bonchev–Trinajstić information content (AvgIpc) is 2.60. The molecule has 0 bridgehead atoms. The number of aliphatic hydroxyl groups excluding tert-OH is 1. The summed E-state index contributed by atoms with van der Waals surface area (Å²) in [5.74, 6) is 0.101. The van der Waals surface area contributed by atoms with Gasteiger partial charge in [-0.1, -0.05) is 12.1 Å². The molecule has 1 aromatic carbocycles. The first-order valence-corrected chi connectivity index (χ1v) is 9.45. The number of hydrogen-bond acceptors (Lipinski definition) is 4. The normalized spacial score (nSPS) is 17.8. The summed E-state index contributed by atoms with van der Waals surface area (Å²) in [5, 5.41) is 14.7. The monoisotopic (exact) mass is 381 g/mol. The fourth-order valence-corrected chi connectivity index (χ4v) is 4.00. The summed E-state index contributed by atoms with van der Waals surface area (Å²) in [6.45, 7) is 14.9. The summed E-state index contributed by atoms with van der Waals surface area (Å²) < 4.78 is 0. The molecule has 144 valence electrons. The van der Waals surface area contributed by atoms with Crippen molar-refractivity contribution in [2.75, 3.05) is 6.61 Å². The molecule has 1 N–H and O–H groups in total. The van der Waals surface area contributed by atoms with Gasteiger partial charge in [-0.3, -0.25) is 4.79 Å². The summed E-state index contributed by atoms with van der Waals surface area (Å²) in [6.07, 6.45) is 1.42. The topological polar surface area (TPSA) is 58.9 Å². The van der Waals surface area contributed by atoms with E-state index in [0.717, 1.165) is 0 Å². The zero-order chi connectivity index (χ0) is 19.6. The van der Waals surface area contributed by atoms with Gasteiger partial charge in [-0.25, -0.2) is 0 Å². The molecule has 0 heterocycles. The summed E-state index contributed by atoms with van der Waals surface area (Å²) in [7, 11) is 0. The fraction of sp³-hybridized carbons (Fsp3) is 0.545. The first kappa shape index (κ1) is 23.9. The fourth-order valence-electron chi connectivity index (χ4n) is 4.00. The van der Waals surface area contributed by atoms with Crippen molar-refractivity contribution in [1.29, 1.82) is 0 Å². The number of rotatable bonds is 5. The molecule has 1 aliphatic rings. The maximum Gasteiger partial charge on any atom is 1.00 e. The number of oxime groups is 1. The molecule has 1 unspecified atom stereocenters. The van der Waals surface area contributed by atoms with Gasteiger partial charge in [0.1, 0.15) is 12.4 Å². The summed E-state index contributed by atoms with van der Waals surface area (Å²) >= 11 is 0. The first-order chi connectivity index (χ1) is 12.2. The van der Waals surface area contributed by atoms with Crippen molar-refractivity contribution in [2.45, 2.75) is 73.6 Å². The maximum absolute atomic E-state index is 12.9. The van der Waals surface area contributed by atoms with Crippen LogP contribution < -0.4 is 29.6 Å². The second kappa shape index (κ2) is 9.90. The molecule has 0 aromatic heterocycles. The van der Waals surface area contributed by atoms with Gasteiger partial charge in [0.2, 0.25) is 0 Å². The van der Waals surface area contributed by atoms with Crippen LogP contribution in [0.4, 0.5) is 0 Å². The average molecular weight is 381 g/mol. The molecule has 0 aliphatic heterocycles. The minimum absolute atomic E-state index is 0. The molecule has 0 saturated heterocycles. The zero-order valence-corrected chi connectivity index (χ0v) is 20.1. The molecule has 2 rings (SSSR count). The van der Waals surface area contributed by atoms with E-state index in [1.807, 2.05) is 13.8 Å². The molecular weight excluding hydrogens is 349 g/mol. The Hall–Kier alpha value is -1.10. The van der Waals surface area contributed by atoms with Crippen LogP contribution >= 0.6 is 0 Å². The second-order valence-electron chi connectivity index (χ2n) is 7.20. The molecule has 27 heavy (non-hydrogen) atoms. The number of nitrogens with zero attached hydrogens (tertiary/aromatic N) is 1. The van der Waals surface area contributed by atoms with Crippen molar-refractivity contribution in [1.82, 2.24) is 0 Å². The van der Waals surface area contributed by atoms with E-state index in [0.29, 0.717) is 37.2 Å². The van der Waals surface area contributed by atoms with Crippen molar-refractivity contribution >= 4 is 11.5 Å². The standard InChI is InChI=1S/C22H31NO3.Na.H/c1-8-18(23-26-9-2)22-19(24)10-17(11-20(22)25)21-15(6)13(4)12(3)14(5)16(21)7;;/h17,24H,8-11H2,1-7H3;;/q;+1;-1/b23-18-;;. The Bertz CT molecular complexity index is 770. The van der Waals surface area contributed by atoms with Crippen LogP contribution in [0.15, 0.2) is 16.5 Å². The van der Waals surface area contributed by atoms with Crippen LogP contribution in [-0.4, -0.2) is 23.2 Å². The third-order valence-corrected chi connectivity index (χ3v) is 5.83. The van der Waals surface area contributed by atoms with Crippen LogP contribution in [0.2, 0.25) is 0 Å². The smallest absolute Gasteiger partial charge is 1.00 e. The van der Waals surface area contributed by atoms with Crippen LogP contribution in [0.3, 0.4) is 0 Å². The zero-order valence-electron chi connectivity index (χ0n) is 19.1. The number of allylic oxidation sites excluding steroid dienone is 2. The molecule has 0 radical (unpaired) electrons. The molecule has 1 aromatic rings. The number of carbonyl (C=O) groups excluding carboxylic acids is 1. The minimum Gasteiger partial charge on any atom is -1.00 e. The van der Waals surface area contributed by atoms with E-state index >= 15 is 0 Å². The molecule has 0 spiro atoms. The molecule has 0 fully saturated rings. The van der Waals surface area contributed by atoms with E-state index in [-0.39, 0.29) is 48.4 Å². The molecule has 0 saturated carbocycles. The van der Waals surface area contributed by atoms with E-state index in [9.17, 15) is 9.90 Å². The number of Topliss-reactive ketones (excluding diaryl/α,β-unsaturated/α-hetero) is 1. The van der Waals surface area contributed by atoms with Gasteiger partial charge < -0.3 is 11.4 Å². The molecule has 0 amide bonds. The third kappa shape index (κ3) is 4.67. The number of aliphatic hydroxyl groups is 1. The van der Waals surface area contributed by atoms with Crippen LogP contribution in [0.1, 0.15) is 73.8 Å². The van der Waals surface area contributed by atoms with E-state index in [2.05, 4.69) is 39.8 Å². The largest absolute Gasteiger partial charge is 1.00 e. The minimum atomic E-state index is -0.0475. The van der Waals surface area contributed by atoms with Gasteiger partial charge in [0, 0.05) is 12.8 Å². The first-order valence-electron chi connectivity index (χ1n) is 9.45. The number of hydrogen-bond donors (Lipinski definition) is 1. The van der Waals surface area contributed by atoms with Crippen LogP contribution in [0.25, 0.3) is 0 Å². The van der Waals surface area contributed by atoms with Crippen molar-refractivity contribution in [3.05, 3.63) is 44.7 Å². The van der Waals surface area contributed by atoms with Gasteiger partial charge in [-0.2, -0.15) is 0 Å². The predicted octanol–water partition coefficient (Wildman–Crippen LogP) is 2.41. The molecule has 4 nitrogen and oxygen atoms in total. The summed E-state index contributed by atoms with van der Waals surface area (Å²) in [4.78, 5) is 18.0. The van der Waals surface area contributed by atoms with Gasteiger partial charge in [-0.15, -0.1) is 0 Å². The van der Waals surface area contributed by atoms with Gasteiger partial charge in [0.05, 0.1) is 11.3 Å². The summed E-state index contributed by atoms with van der Waals surface area (Å²) in [5.41, 5.74) is 8.43. The van der Waals surface area contributed by atoms with Gasteiger partial charge in [-0.05, 0) is 87.3 Å².